The van der Waals surface area contributed by atoms with E-state index in [0.29, 0.717) is 23.3 Å². The molecule has 0 aliphatic carbocycles. The molecule has 6 heteroatoms. The SMILES string of the molecule is Fc1cccc(Oc2ncccc2CNc2ccnc(Cl)c2)c1. The van der Waals surface area contributed by atoms with Gasteiger partial charge in [-0.1, -0.05) is 23.7 Å². The summed E-state index contributed by atoms with van der Waals surface area (Å²) in [6, 6.07) is 13.2. The van der Waals surface area contributed by atoms with E-state index in [1.165, 1.54) is 12.1 Å². The van der Waals surface area contributed by atoms with E-state index in [9.17, 15) is 4.39 Å². The summed E-state index contributed by atoms with van der Waals surface area (Å²) < 4.78 is 18.9. The molecule has 3 rings (SSSR count). The zero-order valence-corrected chi connectivity index (χ0v) is 12.8. The van der Waals surface area contributed by atoms with Gasteiger partial charge in [-0.2, -0.15) is 0 Å². The number of halogens is 2. The van der Waals surface area contributed by atoms with Crippen LogP contribution in [-0.2, 0) is 6.54 Å². The first-order chi connectivity index (χ1) is 11.2. The molecule has 0 spiro atoms. The maximum atomic E-state index is 13.2. The van der Waals surface area contributed by atoms with Gasteiger partial charge >= 0.3 is 0 Å². The molecule has 4 nitrogen and oxygen atoms in total. The van der Waals surface area contributed by atoms with Crippen molar-refractivity contribution < 1.29 is 9.13 Å². The van der Waals surface area contributed by atoms with E-state index in [0.717, 1.165) is 11.3 Å². The lowest BCUT2D eigenvalue weighted by Crippen LogP contribution is -2.02. The van der Waals surface area contributed by atoms with E-state index >= 15 is 0 Å². The molecule has 0 saturated carbocycles. The number of nitrogens with zero attached hydrogens (tertiary/aromatic N) is 2. The summed E-state index contributed by atoms with van der Waals surface area (Å²) in [5, 5.41) is 3.64. The molecule has 23 heavy (non-hydrogen) atoms. The lowest BCUT2D eigenvalue weighted by Gasteiger charge is -2.11. The summed E-state index contributed by atoms with van der Waals surface area (Å²) in [5.41, 5.74) is 1.68. The molecule has 0 fully saturated rings. The summed E-state index contributed by atoms with van der Waals surface area (Å²) in [7, 11) is 0. The van der Waals surface area contributed by atoms with Crippen LogP contribution in [0.4, 0.5) is 10.1 Å². The zero-order chi connectivity index (χ0) is 16.1. The molecule has 0 radical (unpaired) electrons. The Balaban J connectivity index is 1.75. The van der Waals surface area contributed by atoms with Gasteiger partial charge in [-0.25, -0.2) is 14.4 Å². The maximum Gasteiger partial charge on any atom is 0.224 e. The first kappa shape index (κ1) is 15.2. The molecule has 0 aliphatic rings. The second-order valence-electron chi connectivity index (χ2n) is 4.75. The van der Waals surface area contributed by atoms with Crippen molar-refractivity contribution in [2.75, 3.05) is 5.32 Å². The number of ether oxygens (including phenoxy) is 1. The summed E-state index contributed by atoms with van der Waals surface area (Å²) in [6.45, 7) is 0.485. The number of pyridine rings is 2. The second kappa shape index (κ2) is 7.07. The Labute approximate surface area is 137 Å². The third-order valence-electron chi connectivity index (χ3n) is 3.07. The molecule has 116 valence electrons. The smallest absolute Gasteiger partial charge is 0.224 e. The van der Waals surface area contributed by atoms with Crippen molar-refractivity contribution in [3.8, 4) is 11.6 Å². The number of benzene rings is 1. The lowest BCUT2D eigenvalue weighted by atomic mass is 10.2. The van der Waals surface area contributed by atoms with Gasteiger partial charge in [0.25, 0.3) is 0 Å². The van der Waals surface area contributed by atoms with Crippen molar-refractivity contribution in [1.29, 1.82) is 0 Å². The van der Waals surface area contributed by atoms with Crippen molar-refractivity contribution in [3.05, 3.63) is 77.5 Å². The first-order valence-corrected chi connectivity index (χ1v) is 7.31. The van der Waals surface area contributed by atoms with Gasteiger partial charge in [0.1, 0.15) is 16.7 Å². The first-order valence-electron chi connectivity index (χ1n) is 6.93. The van der Waals surface area contributed by atoms with E-state index in [4.69, 9.17) is 16.3 Å². The van der Waals surface area contributed by atoms with Gasteiger partial charge < -0.3 is 10.1 Å². The molecule has 1 N–H and O–H groups in total. The maximum absolute atomic E-state index is 13.2. The molecule has 0 aliphatic heterocycles. The van der Waals surface area contributed by atoms with Crippen LogP contribution < -0.4 is 10.1 Å². The van der Waals surface area contributed by atoms with Gasteiger partial charge in [-0.05, 0) is 30.3 Å². The van der Waals surface area contributed by atoms with Gasteiger partial charge in [0.2, 0.25) is 5.88 Å². The molecule has 2 aromatic heterocycles. The van der Waals surface area contributed by atoms with Crippen LogP contribution >= 0.6 is 11.6 Å². The van der Waals surface area contributed by atoms with E-state index in [1.54, 1.807) is 30.6 Å². The molecular weight excluding hydrogens is 317 g/mol. The minimum absolute atomic E-state index is 0.357. The summed E-state index contributed by atoms with van der Waals surface area (Å²) >= 11 is 5.86. The molecule has 3 aromatic rings. The fraction of sp³-hybridized carbons (Fsp3) is 0.0588. The van der Waals surface area contributed by atoms with E-state index in [-0.39, 0.29) is 5.82 Å². The summed E-state index contributed by atoms with van der Waals surface area (Å²) in [6.07, 6.45) is 3.25. The largest absolute Gasteiger partial charge is 0.439 e. The van der Waals surface area contributed by atoms with E-state index in [1.807, 2.05) is 18.2 Å². The van der Waals surface area contributed by atoms with E-state index in [2.05, 4.69) is 15.3 Å². The van der Waals surface area contributed by atoms with Crippen molar-refractivity contribution in [2.45, 2.75) is 6.54 Å². The van der Waals surface area contributed by atoms with Crippen LogP contribution in [0, 0.1) is 5.82 Å². The number of hydrogen-bond acceptors (Lipinski definition) is 4. The topological polar surface area (TPSA) is 47.0 Å². The van der Waals surface area contributed by atoms with Crippen LogP contribution in [0.5, 0.6) is 11.6 Å². The highest BCUT2D eigenvalue weighted by molar-refractivity contribution is 6.29. The number of rotatable bonds is 5. The average Bonchev–Trinajstić information content (AvgIpc) is 2.54. The Kier molecular flexibility index (Phi) is 4.68. The third kappa shape index (κ3) is 4.17. The highest BCUT2D eigenvalue weighted by Gasteiger charge is 2.07. The molecule has 1 aromatic carbocycles. The molecule has 0 bridgehead atoms. The highest BCUT2D eigenvalue weighted by atomic mass is 35.5. The monoisotopic (exact) mass is 329 g/mol. The van der Waals surface area contributed by atoms with Crippen LogP contribution in [0.25, 0.3) is 0 Å². The van der Waals surface area contributed by atoms with Gasteiger partial charge in [0.15, 0.2) is 0 Å². The Morgan fingerprint density at radius 2 is 1.96 bits per heavy atom. The minimum Gasteiger partial charge on any atom is -0.439 e. The second-order valence-corrected chi connectivity index (χ2v) is 5.14. The molecule has 0 atom stereocenters. The number of aromatic nitrogens is 2. The third-order valence-corrected chi connectivity index (χ3v) is 3.28. The zero-order valence-electron chi connectivity index (χ0n) is 12.0. The minimum atomic E-state index is -0.357. The quantitative estimate of drug-likeness (QED) is 0.691. The van der Waals surface area contributed by atoms with E-state index < -0.39 is 0 Å². The van der Waals surface area contributed by atoms with Gasteiger partial charge in [-0.3, -0.25) is 0 Å². The Morgan fingerprint density at radius 3 is 2.78 bits per heavy atom. The van der Waals surface area contributed by atoms with Crippen molar-refractivity contribution in [1.82, 2.24) is 9.97 Å². The van der Waals surface area contributed by atoms with Gasteiger partial charge in [-0.15, -0.1) is 0 Å². The van der Waals surface area contributed by atoms with Crippen LogP contribution in [-0.4, -0.2) is 9.97 Å². The van der Waals surface area contributed by atoms with Crippen LogP contribution in [0.15, 0.2) is 60.9 Å². The molecular formula is C17H13ClFN3O. The summed E-state index contributed by atoms with van der Waals surface area (Å²) in [5.74, 6) is 0.465. The predicted octanol–water partition coefficient (Wildman–Crippen LogP) is 4.67. The lowest BCUT2D eigenvalue weighted by molar-refractivity contribution is 0.452. The number of hydrogen-bond donors (Lipinski definition) is 1. The molecule has 0 amide bonds. The Hall–Kier alpha value is -2.66. The fourth-order valence-electron chi connectivity index (χ4n) is 2.00. The molecule has 0 unspecified atom stereocenters. The Bertz CT molecular complexity index is 813. The Morgan fingerprint density at radius 1 is 1.04 bits per heavy atom. The van der Waals surface area contributed by atoms with Crippen LogP contribution in [0.1, 0.15) is 5.56 Å². The van der Waals surface area contributed by atoms with Crippen molar-refractivity contribution >= 4 is 17.3 Å². The standard InChI is InChI=1S/C17H13ClFN3O/c18-16-10-14(6-8-20-16)22-11-12-3-2-7-21-17(12)23-15-5-1-4-13(19)9-15/h1-10H,11H2,(H,20,22). The normalized spacial score (nSPS) is 10.3. The predicted molar refractivity (Wildman–Crippen MR) is 87.3 cm³/mol. The van der Waals surface area contributed by atoms with Crippen molar-refractivity contribution in [3.63, 3.8) is 0 Å². The van der Waals surface area contributed by atoms with Gasteiger partial charge in [0.05, 0.1) is 0 Å². The van der Waals surface area contributed by atoms with Crippen LogP contribution in [0.3, 0.4) is 0 Å². The molecule has 2 heterocycles. The van der Waals surface area contributed by atoms with Crippen LogP contribution in [0.2, 0.25) is 5.15 Å². The van der Waals surface area contributed by atoms with Crippen molar-refractivity contribution in [2.24, 2.45) is 0 Å². The highest BCUT2D eigenvalue weighted by Crippen LogP contribution is 2.24. The number of nitrogens with one attached hydrogen (secondary N) is 1. The summed E-state index contributed by atoms with van der Waals surface area (Å²) in [4.78, 5) is 8.14. The molecule has 0 saturated heterocycles. The van der Waals surface area contributed by atoms with Gasteiger partial charge in [0, 0.05) is 36.3 Å². The fourth-order valence-corrected chi connectivity index (χ4v) is 2.18. The average molecular weight is 330 g/mol. The number of anilines is 1.